The molecular formula is C15H20N2O2S2. The van der Waals surface area contributed by atoms with E-state index in [1.165, 1.54) is 11.3 Å². The summed E-state index contributed by atoms with van der Waals surface area (Å²) in [6.07, 6.45) is 0.912. The highest BCUT2D eigenvalue weighted by atomic mass is 32.2. The average Bonchev–Trinajstić information content (AvgIpc) is 2.97. The van der Waals surface area contributed by atoms with Gasteiger partial charge in [-0.1, -0.05) is 26.0 Å². The smallest absolute Gasteiger partial charge is 0.261 e. The van der Waals surface area contributed by atoms with Gasteiger partial charge in [0.05, 0.1) is 10.6 Å². The number of benzene rings is 1. The van der Waals surface area contributed by atoms with Crippen molar-refractivity contribution in [3.05, 3.63) is 46.7 Å². The van der Waals surface area contributed by atoms with Gasteiger partial charge in [0.15, 0.2) is 0 Å². The summed E-state index contributed by atoms with van der Waals surface area (Å²) < 4.78 is 27.4. The molecule has 0 radical (unpaired) electrons. The Labute approximate surface area is 130 Å². The van der Waals surface area contributed by atoms with Crippen molar-refractivity contribution in [1.82, 2.24) is 5.32 Å². The van der Waals surface area contributed by atoms with Crippen LogP contribution in [0.25, 0.3) is 0 Å². The van der Waals surface area contributed by atoms with E-state index in [9.17, 15) is 8.42 Å². The molecule has 0 saturated carbocycles. The first-order chi connectivity index (χ1) is 10.1. The van der Waals surface area contributed by atoms with Crippen molar-refractivity contribution in [1.29, 1.82) is 0 Å². The third kappa shape index (κ3) is 4.06. The Morgan fingerprint density at radius 2 is 2.05 bits per heavy atom. The second kappa shape index (κ2) is 7.06. The first-order valence-electron chi connectivity index (χ1n) is 6.95. The Hall–Kier alpha value is -1.37. The van der Waals surface area contributed by atoms with Gasteiger partial charge in [-0.3, -0.25) is 4.72 Å². The lowest BCUT2D eigenvalue weighted by Gasteiger charge is -2.17. The van der Waals surface area contributed by atoms with Crippen molar-refractivity contribution < 1.29 is 8.42 Å². The summed E-state index contributed by atoms with van der Waals surface area (Å²) >= 11 is 1.46. The summed E-state index contributed by atoms with van der Waals surface area (Å²) in [4.78, 5) is 0.294. The lowest BCUT2D eigenvalue weighted by molar-refractivity contribution is 0.536. The molecule has 0 aliphatic heterocycles. The van der Waals surface area contributed by atoms with E-state index < -0.39 is 10.0 Å². The summed E-state index contributed by atoms with van der Waals surface area (Å²) in [5.41, 5.74) is 1.59. The van der Waals surface area contributed by atoms with E-state index in [2.05, 4.69) is 17.0 Å². The van der Waals surface area contributed by atoms with Gasteiger partial charge in [0.2, 0.25) is 0 Å². The van der Waals surface area contributed by atoms with E-state index in [0.717, 1.165) is 18.5 Å². The molecule has 2 rings (SSSR count). The zero-order valence-corrected chi connectivity index (χ0v) is 13.8. The van der Waals surface area contributed by atoms with Gasteiger partial charge < -0.3 is 5.32 Å². The zero-order valence-electron chi connectivity index (χ0n) is 12.2. The number of nitrogens with one attached hydrogen (secondary N) is 2. The van der Waals surface area contributed by atoms with Gasteiger partial charge >= 0.3 is 0 Å². The second-order valence-corrected chi connectivity index (χ2v) is 7.17. The molecule has 0 spiro atoms. The van der Waals surface area contributed by atoms with Crippen molar-refractivity contribution >= 4 is 27.0 Å². The molecule has 0 aliphatic rings. The summed E-state index contributed by atoms with van der Waals surface area (Å²) in [6.45, 7) is 4.97. The molecule has 21 heavy (non-hydrogen) atoms. The highest BCUT2D eigenvalue weighted by molar-refractivity contribution is 7.92. The number of rotatable bonds is 7. The zero-order chi connectivity index (χ0) is 15.3. The molecular weight excluding hydrogens is 304 g/mol. The molecule has 1 heterocycles. The van der Waals surface area contributed by atoms with Crippen LogP contribution in [0.1, 0.15) is 31.9 Å². The maximum atomic E-state index is 12.4. The number of thiophene rings is 1. The Morgan fingerprint density at radius 3 is 2.67 bits per heavy atom. The minimum atomic E-state index is -3.53. The summed E-state index contributed by atoms with van der Waals surface area (Å²) in [6, 6.07) is 9.03. The van der Waals surface area contributed by atoms with E-state index in [1.54, 1.807) is 29.6 Å². The first kappa shape index (κ1) is 16.0. The van der Waals surface area contributed by atoms with E-state index in [4.69, 9.17) is 0 Å². The van der Waals surface area contributed by atoms with E-state index >= 15 is 0 Å². The van der Waals surface area contributed by atoms with E-state index in [-0.39, 0.29) is 6.04 Å². The Bertz CT molecular complexity index is 667. The van der Waals surface area contributed by atoms with Gasteiger partial charge in [0.1, 0.15) is 0 Å². The molecule has 0 fully saturated rings. The maximum Gasteiger partial charge on any atom is 0.261 e. The minimum absolute atomic E-state index is 0.172. The van der Waals surface area contributed by atoms with Crippen molar-refractivity contribution in [2.75, 3.05) is 11.3 Å². The second-order valence-electron chi connectivity index (χ2n) is 4.71. The molecule has 2 aromatic rings. The van der Waals surface area contributed by atoms with Gasteiger partial charge in [0.25, 0.3) is 10.0 Å². The van der Waals surface area contributed by atoms with Crippen LogP contribution in [0.3, 0.4) is 0 Å². The molecule has 2 N–H and O–H groups in total. The molecule has 0 bridgehead atoms. The van der Waals surface area contributed by atoms with Crippen LogP contribution >= 0.6 is 11.3 Å². The lowest BCUT2D eigenvalue weighted by Crippen LogP contribution is -2.20. The molecule has 1 aromatic heterocycles. The third-order valence-electron chi connectivity index (χ3n) is 3.20. The Morgan fingerprint density at radius 1 is 1.24 bits per heavy atom. The van der Waals surface area contributed by atoms with Crippen molar-refractivity contribution in [3.8, 4) is 0 Å². The Kier molecular flexibility index (Phi) is 5.39. The topological polar surface area (TPSA) is 58.2 Å². The van der Waals surface area contributed by atoms with Crippen LogP contribution in [0.15, 0.2) is 46.0 Å². The standard InChI is InChI=1S/C15H20N2O2S2/c1-3-15(16-4-2)12-6-5-7-14(10-12)21(18,19)17-13-8-9-20-11-13/h5-11,15-17H,3-4H2,1-2H3. The molecule has 1 atom stereocenters. The third-order valence-corrected chi connectivity index (χ3v) is 5.27. The van der Waals surface area contributed by atoms with Gasteiger partial charge in [-0.2, -0.15) is 11.3 Å². The van der Waals surface area contributed by atoms with Crippen LogP contribution in [0.4, 0.5) is 5.69 Å². The molecule has 0 saturated heterocycles. The molecule has 4 nitrogen and oxygen atoms in total. The molecule has 114 valence electrons. The van der Waals surface area contributed by atoms with Gasteiger partial charge in [-0.25, -0.2) is 8.42 Å². The highest BCUT2D eigenvalue weighted by Gasteiger charge is 2.16. The fraction of sp³-hybridized carbons (Fsp3) is 0.333. The SMILES string of the molecule is CCNC(CC)c1cccc(S(=O)(=O)Nc2ccsc2)c1. The normalized spacial score (nSPS) is 13.0. The van der Waals surface area contributed by atoms with E-state index in [0.29, 0.717) is 10.6 Å². The monoisotopic (exact) mass is 324 g/mol. The molecule has 1 unspecified atom stereocenters. The average molecular weight is 324 g/mol. The predicted octanol–water partition coefficient (Wildman–Crippen LogP) is 3.61. The Balaban J connectivity index is 2.27. The van der Waals surface area contributed by atoms with E-state index in [1.807, 2.05) is 18.4 Å². The largest absolute Gasteiger partial charge is 0.310 e. The fourth-order valence-corrected chi connectivity index (χ4v) is 3.95. The minimum Gasteiger partial charge on any atom is -0.310 e. The lowest BCUT2D eigenvalue weighted by atomic mass is 10.0. The van der Waals surface area contributed by atoms with Crippen molar-refractivity contribution in [3.63, 3.8) is 0 Å². The van der Waals surface area contributed by atoms with Crippen molar-refractivity contribution in [2.45, 2.75) is 31.2 Å². The number of anilines is 1. The fourth-order valence-electron chi connectivity index (χ4n) is 2.18. The maximum absolute atomic E-state index is 12.4. The summed E-state index contributed by atoms with van der Waals surface area (Å²) in [5.74, 6) is 0. The quantitative estimate of drug-likeness (QED) is 0.818. The van der Waals surface area contributed by atoms with Gasteiger partial charge in [-0.05, 0) is 42.1 Å². The number of sulfonamides is 1. The molecule has 1 aromatic carbocycles. The van der Waals surface area contributed by atoms with Gasteiger partial charge in [-0.15, -0.1) is 0 Å². The van der Waals surface area contributed by atoms with Gasteiger partial charge in [0, 0.05) is 11.4 Å². The molecule has 0 amide bonds. The molecule has 0 aliphatic carbocycles. The van der Waals surface area contributed by atoms with Crippen LogP contribution in [-0.2, 0) is 10.0 Å². The molecule has 6 heteroatoms. The first-order valence-corrected chi connectivity index (χ1v) is 9.37. The number of hydrogen-bond donors (Lipinski definition) is 2. The van der Waals surface area contributed by atoms with Crippen LogP contribution in [-0.4, -0.2) is 15.0 Å². The highest BCUT2D eigenvalue weighted by Crippen LogP contribution is 2.22. The summed E-state index contributed by atoms with van der Waals surface area (Å²) in [7, 11) is -3.53. The van der Waals surface area contributed by atoms with Crippen LogP contribution in [0, 0.1) is 0 Å². The van der Waals surface area contributed by atoms with Crippen LogP contribution in [0.5, 0.6) is 0 Å². The van der Waals surface area contributed by atoms with Crippen LogP contribution in [0.2, 0.25) is 0 Å². The summed E-state index contributed by atoms with van der Waals surface area (Å²) in [5, 5.41) is 6.97. The van der Waals surface area contributed by atoms with Crippen LogP contribution < -0.4 is 10.0 Å². The predicted molar refractivity (Wildman–Crippen MR) is 88.3 cm³/mol. The van der Waals surface area contributed by atoms with Crippen molar-refractivity contribution in [2.24, 2.45) is 0 Å². The number of hydrogen-bond acceptors (Lipinski definition) is 4.